The highest BCUT2D eigenvalue weighted by atomic mass is 79.9. The fraction of sp³-hybridized carbons (Fsp3) is 0. The molecule has 0 fully saturated rings. The third kappa shape index (κ3) is 2.81. The summed E-state index contributed by atoms with van der Waals surface area (Å²) in [5, 5.41) is 12.4. The smallest absolute Gasteiger partial charge is 0.139 e. The van der Waals surface area contributed by atoms with Crippen LogP contribution >= 0.6 is 27.5 Å². The molecule has 0 saturated carbocycles. The number of halogens is 3. The summed E-state index contributed by atoms with van der Waals surface area (Å²) in [5.74, 6) is -0.375. The highest BCUT2D eigenvalue weighted by Crippen LogP contribution is 2.26. The topological polar surface area (TPSA) is 35.8 Å². The van der Waals surface area contributed by atoms with Gasteiger partial charge in [0.1, 0.15) is 11.9 Å². The van der Waals surface area contributed by atoms with Crippen molar-refractivity contribution < 1.29 is 4.39 Å². The predicted molar refractivity (Wildman–Crippen MR) is 73.5 cm³/mol. The van der Waals surface area contributed by atoms with Gasteiger partial charge < -0.3 is 5.32 Å². The molecular weight excluding hydrogens is 319 g/mol. The van der Waals surface area contributed by atoms with Crippen molar-refractivity contribution in [2.24, 2.45) is 0 Å². The molecule has 0 radical (unpaired) electrons. The maximum atomic E-state index is 13.4. The molecule has 0 aliphatic heterocycles. The van der Waals surface area contributed by atoms with E-state index >= 15 is 0 Å². The van der Waals surface area contributed by atoms with Crippen molar-refractivity contribution in [3.63, 3.8) is 0 Å². The molecule has 0 spiro atoms. The molecule has 0 aromatic heterocycles. The summed E-state index contributed by atoms with van der Waals surface area (Å²) in [4.78, 5) is 0. The number of hydrogen-bond acceptors (Lipinski definition) is 2. The lowest BCUT2D eigenvalue weighted by molar-refractivity contribution is 0.622. The summed E-state index contributed by atoms with van der Waals surface area (Å²) in [7, 11) is 0. The lowest BCUT2D eigenvalue weighted by atomic mass is 10.2. The standard InChI is InChI=1S/C13H7BrClFN2/c14-11-4-3-10(6-12(11)16)18-13-5-9(15)2-1-8(13)7-17/h1-6,18H. The second kappa shape index (κ2) is 5.38. The van der Waals surface area contributed by atoms with Gasteiger partial charge in [0.15, 0.2) is 0 Å². The number of nitriles is 1. The summed E-state index contributed by atoms with van der Waals surface area (Å²) in [5.41, 5.74) is 1.55. The Morgan fingerprint density at radius 3 is 2.67 bits per heavy atom. The van der Waals surface area contributed by atoms with Gasteiger partial charge in [-0.3, -0.25) is 0 Å². The molecule has 0 atom stereocenters. The molecule has 2 aromatic carbocycles. The Morgan fingerprint density at radius 1 is 1.22 bits per heavy atom. The average Bonchev–Trinajstić information content (AvgIpc) is 2.34. The molecule has 5 heteroatoms. The predicted octanol–water partition coefficient (Wildman–Crippen LogP) is 4.86. The van der Waals surface area contributed by atoms with E-state index in [1.54, 1.807) is 30.3 Å². The first-order valence-electron chi connectivity index (χ1n) is 5.02. The van der Waals surface area contributed by atoms with Gasteiger partial charge in [-0.2, -0.15) is 5.26 Å². The Balaban J connectivity index is 2.36. The summed E-state index contributed by atoms with van der Waals surface area (Å²) >= 11 is 8.94. The number of nitrogens with one attached hydrogen (secondary N) is 1. The molecule has 0 saturated heterocycles. The maximum absolute atomic E-state index is 13.4. The van der Waals surface area contributed by atoms with Crippen LogP contribution < -0.4 is 5.32 Å². The van der Waals surface area contributed by atoms with Gasteiger partial charge in [0, 0.05) is 10.7 Å². The second-order valence-electron chi connectivity index (χ2n) is 3.56. The minimum absolute atomic E-state index is 0.375. The van der Waals surface area contributed by atoms with Gasteiger partial charge in [-0.15, -0.1) is 0 Å². The van der Waals surface area contributed by atoms with Crippen molar-refractivity contribution in [1.82, 2.24) is 0 Å². The van der Waals surface area contributed by atoms with Crippen molar-refractivity contribution in [3.05, 3.63) is 57.3 Å². The van der Waals surface area contributed by atoms with E-state index in [-0.39, 0.29) is 5.82 Å². The zero-order valence-corrected chi connectivity index (χ0v) is 11.4. The molecule has 90 valence electrons. The van der Waals surface area contributed by atoms with Crippen molar-refractivity contribution in [1.29, 1.82) is 5.26 Å². The van der Waals surface area contributed by atoms with E-state index in [2.05, 4.69) is 21.2 Å². The molecule has 2 nitrogen and oxygen atoms in total. The highest BCUT2D eigenvalue weighted by molar-refractivity contribution is 9.10. The van der Waals surface area contributed by atoms with Crippen LogP contribution in [0.5, 0.6) is 0 Å². The molecule has 0 aliphatic carbocycles. The van der Waals surface area contributed by atoms with E-state index in [0.29, 0.717) is 26.4 Å². The van der Waals surface area contributed by atoms with E-state index in [9.17, 15) is 4.39 Å². The van der Waals surface area contributed by atoms with Crippen LogP contribution in [0.15, 0.2) is 40.9 Å². The molecule has 2 rings (SSSR count). The van der Waals surface area contributed by atoms with Gasteiger partial charge in [0.25, 0.3) is 0 Å². The van der Waals surface area contributed by atoms with Crippen LogP contribution in [-0.2, 0) is 0 Å². The van der Waals surface area contributed by atoms with E-state index in [1.807, 2.05) is 6.07 Å². The molecule has 1 N–H and O–H groups in total. The fourth-order valence-corrected chi connectivity index (χ4v) is 1.87. The number of nitrogens with zero attached hydrogens (tertiary/aromatic N) is 1. The first-order chi connectivity index (χ1) is 8.60. The van der Waals surface area contributed by atoms with Crippen LogP contribution in [0.1, 0.15) is 5.56 Å². The lowest BCUT2D eigenvalue weighted by Gasteiger charge is -2.09. The van der Waals surface area contributed by atoms with E-state index in [0.717, 1.165) is 0 Å². The zero-order chi connectivity index (χ0) is 13.1. The molecule has 0 amide bonds. The molecular formula is C13H7BrClFN2. The van der Waals surface area contributed by atoms with Crippen LogP contribution in [-0.4, -0.2) is 0 Å². The third-order valence-corrected chi connectivity index (χ3v) is 3.18. The Bertz CT molecular complexity index is 637. The van der Waals surface area contributed by atoms with Crippen LogP contribution in [0.3, 0.4) is 0 Å². The van der Waals surface area contributed by atoms with Crippen LogP contribution in [0.4, 0.5) is 15.8 Å². The quantitative estimate of drug-likeness (QED) is 0.856. The number of anilines is 2. The lowest BCUT2D eigenvalue weighted by Crippen LogP contribution is -1.94. The molecule has 2 aromatic rings. The van der Waals surface area contributed by atoms with E-state index < -0.39 is 0 Å². The van der Waals surface area contributed by atoms with Crippen LogP contribution in [0, 0.1) is 17.1 Å². The van der Waals surface area contributed by atoms with Crippen molar-refractivity contribution in [2.45, 2.75) is 0 Å². The van der Waals surface area contributed by atoms with Crippen LogP contribution in [0.25, 0.3) is 0 Å². The molecule has 0 aliphatic rings. The van der Waals surface area contributed by atoms with Crippen LogP contribution in [0.2, 0.25) is 5.02 Å². The first-order valence-corrected chi connectivity index (χ1v) is 6.19. The maximum Gasteiger partial charge on any atom is 0.139 e. The average molecular weight is 326 g/mol. The molecule has 0 bridgehead atoms. The molecule has 18 heavy (non-hydrogen) atoms. The zero-order valence-electron chi connectivity index (χ0n) is 9.05. The summed E-state index contributed by atoms with van der Waals surface area (Å²) in [6.45, 7) is 0. The van der Waals surface area contributed by atoms with Gasteiger partial charge in [0.2, 0.25) is 0 Å². The first kappa shape index (κ1) is 12.9. The van der Waals surface area contributed by atoms with Gasteiger partial charge in [0.05, 0.1) is 15.7 Å². The largest absolute Gasteiger partial charge is 0.354 e. The minimum Gasteiger partial charge on any atom is -0.354 e. The number of hydrogen-bond donors (Lipinski definition) is 1. The second-order valence-corrected chi connectivity index (χ2v) is 4.85. The minimum atomic E-state index is -0.375. The van der Waals surface area contributed by atoms with Gasteiger partial charge >= 0.3 is 0 Å². The molecule has 0 heterocycles. The summed E-state index contributed by atoms with van der Waals surface area (Å²) in [6.07, 6.45) is 0. The van der Waals surface area contributed by atoms with Crippen molar-refractivity contribution >= 4 is 38.9 Å². The Labute approximate surface area is 117 Å². The van der Waals surface area contributed by atoms with Crippen molar-refractivity contribution in [3.8, 4) is 6.07 Å². The highest BCUT2D eigenvalue weighted by Gasteiger charge is 2.05. The number of rotatable bonds is 2. The third-order valence-electron chi connectivity index (χ3n) is 2.30. The van der Waals surface area contributed by atoms with E-state index in [1.165, 1.54) is 6.07 Å². The Kier molecular flexibility index (Phi) is 3.85. The molecule has 0 unspecified atom stereocenters. The van der Waals surface area contributed by atoms with Gasteiger partial charge in [-0.05, 0) is 52.3 Å². The normalized spacial score (nSPS) is 9.89. The van der Waals surface area contributed by atoms with Gasteiger partial charge in [-0.25, -0.2) is 4.39 Å². The van der Waals surface area contributed by atoms with Gasteiger partial charge in [-0.1, -0.05) is 11.6 Å². The Morgan fingerprint density at radius 2 is 2.00 bits per heavy atom. The summed E-state index contributed by atoms with van der Waals surface area (Å²) in [6, 6.07) is 11.5. The monoisotopic (exact) mass is 324 g/mol. The number of benzene rings is 2. The van der Waals surface area contributed by atoms with Crippen molar-refractivity contribution in [2.75, 3.05) is 5.32 Å². The van der Waals surface area contributed by atoms with E-state index in [4.69, 9.17) is 16.9 Å². The SMILES string of the molecule is N#Cc1ccc(Cl)cc1Nc1ccc(Br)c(F)c1. The fourth-order valence-electron chi connectivity index (χ4n) is 1.45. The Hall–Kier alpha value is -1.57. The summed E-state index contributed by atoms with van der Waals surface area (Å²) < 4.78 is 13.8.